The highest BCUT2D eigenvalue weighted by Crippen LogP contribution is 2.30. The molecule has 0 bridgehead atoms. The standard InChI is InChI=1S/C12H14F3NO/c1-9(17)4-3-7-16-11-6-2-5-10(8-11)12(13,14)15/h2,5-6,8,16H,3-4,7H2,1H3. The molecule has 0 radical (unpaired) electrons. The van der Waals surface area contributed by atoms with Gasteiger partial charge in [0.2, 0.25) is 0 Å². The Balaban J connectivity index is 2.52. The number of ketones is 1. The molecule has 0 aliphatic rings. The Hall–Kier alpha value is -1.52. The van der Waals surface area contributed by atoms with Crippen molar-refractivity contribution in [3.8, 4) is 0 Å². The molecule has 0 aliphatic heterocycles. The average molecular weight is 245 g/mol. The molecule has 1 N–H and O–H groups in total. The lowest BCUT2D eigenvalue weighted by molar-refractivity contribution is -0.137. The third kappa shape index (κ3) is 4.89. The lowest BCUT2D eigenvalue weighted by Crippen LogP contribution is -2.07. The summed E-state index contributed by atoms with van der Waals surface area (Å²) in [6.07, 6.45) is -3.27. The third-order valence-electron chi connectivity index (χ3n) is 2.22. The van der Waals surface area contributed by atoms with Gasteiger partial charge < -0.3 is 10.1 Å². The second-order valence-corrected chi connectivity index (χ2v) is 3.81. The minimum atomic E-state index is -4.32. The summed E-state index contributed by atoms with van der Waals surface area (Å²) >= 11 is 0. The van der Waals surface area contributed by atoms with Crippen molar-refractivity contribution >= 4 is 11.5 Å². The summed E-state index contributed by atoms with van der Waals surface area (Å²) in [7, 11) is 0. The summed E-state index contributed by atoms with van der Waals surface area (Å²) < 4.78 is 37.2. The molecular formula is C12H14F3NO. The molecule has 0 unspecified atom stereocenters. The second kappa shape index (κ2) is 5.70. The smallest absolute Gasteiger partial charge is 0.385 e. The normalized spacial score (nSPS) is 11.3. The zero-order valence-corrected chi connectivity index (χ0v) is 9.47. The van der Waals surface area contributed by atoms with E-state index in [1.807, 2.05) is 0 Å². The quantitative estimate of drug-likeness (QED) is 0.804. The van der Waals surface area contributed by atoms with E-state index in [2.05, 4.69) is 5.32 Å². The number of benzene rings is 1. The van der Waals surface area contributed by atoms with Gasteiger partial charge >= 0.3 is 6.18 Å². The van der Waals surface area contributed by atoms with Crippen LogP contribution in [-0.4, -0.2) is 12.3 Å². The summed E-state index contributed by atoms with van der Waals surface area (Å²) in [4.78, 5) is 10.7. The highest BCUT2D eigenvalue weighted by atomic mass is 19.4. The van der Waals surface area contributed by atoms with E-state index in [1.54, 1.807) is 6.07 Å². The van der Waals surface area contributed by atoms with E-state index in [-0.39, 0.29) is 5.78 Å². The van der Waals surface area contributed by atoms with E-state index < -0.39 is 11.7 Å². The Morgan fingerprint density at radius 1 is 1.35 bits per heavy atom. The first kappa shape index (κ1) is 13.5. The molecule has 17 heavy (non-hydrogen) atoms. The SMILES string of the molecule is CC(=O)CCCNc1cccc(C(F)(F)F)c1. The fourth-order valence-electron chi connectivity index (χ4n) is 1.38. The predicted molar refractivity (Wildman–Crippen MR) is 59.8 cm³/mol. The van der Waals surface area contributed by atoms with Crippen molar-refractivity contribution in [1.29, 1.82) is 0 Å². The summed E-state index contributed by atoms with van der Waals surface area (Å²) in [5.41, 5.74) is -0.252. The zero-order valence-electron chi connectivity index (χ0n) is 9.47. The van der Waals surface area contributed by atoms with Crippen LogP contribution in [0.25, 0.3) is 0 Å². The van der Waals surface area contributed by atoms with Crippen LogP contribution in [0, 0.1) is 0 Å². The maximum Gasteiger partial charge on any atom is 0.416 e. The molecule has 1 aromatic carbocycles. The number of alkyl halides is 3. The first-order chi connectivity index (χ1) is 7.89. The Morgan fingerprint density at radius 2 is 2.06 bits per heavy atom. The van der Waals surface area contributed by atoms with Crippen molar-refractivity contribution in [2.45, 2.75) is 25.9 Å². The van der Waals surface area contributed by atoms with E-state index in [0.29, 0.717) is 25.1 Å². The summed E-state index contributed by atoms with van der Waals surface area (Å²) in [6.45, 7) is 1.98. The van der Waals surface area contributed by atoms with Gasteiger partial charge in [0.05, 0.1) is 5.56 Å². The molecule has 0 aliphatic carbocycles. The zero-order chi connectivity index (χ0) is 12.9. The average Bonchev–Trinajstić information content (AvgIpc) is 2.23. The van der Waals surface area contributed by atoms with Crippen molar-refractivity contribution < 1.29 is 18.0 Å². The van der Waals surface area contributed by atoms with Crippen molar-refractivity contribution in [2.75, 3.05) is 11.9 Å². The van der Waals surface area contributed by atoms with Crippen LogP contribution in [0.15, 0.2) is 24.3 Å². The van der Waals surface area contributed by atoms with Gasteiger partial charge in [0.1, 0.15) is 5.78 Å². The maximum absolute atomic E-state index is 12.4. The molecule has 0 heterocycles. The van der Waals surface area contributed by atoms with Gasteiger partial charge in [-0.1, -0.05) is 6.07 Å². The Labute approximate surface area is 97.8 Å². The van der Waals surface area contributed by atoms with Crippen LogP contribution >= 0.6 is 0 Å². The fraction of sp³-hybridized carbons (Fsp3) is 0.417. The number of hydrogen-bond donors (Lipinski definition) is 1. The number of nitrogens with one attached hydrogen (secondary N) is 1. The highest BCUT2D eigenvalue weighted by molar-refractivity contribution is 5.75. The largest absolute Gasteiger partial charge is 0.416 e. The third-order valence-corrected chi connectivity index (χ3v) is 2.22. The molecule has 0 spiro atoms. The number of carbonyl (C=O) groups is 1. The van der Waals surface area contributed by atoms with Crippen molar-refractivity contribution in [3.05, 3.63) is 29.8 Å². The van der Waals surface area contributed by atoms with E-state index in [9.17, 15) is 18.0 Å². The molecule has 1 aromatic rings. The molecular weight excluding hydrogens is 231 g/mol. The number of Topliss-reactive ketones (excluding diaryl/α,β-unsaturated/α-hetero) is 1. The van der Waals surface area contributed by atoms with E-state index in [0.717, 1.165) is 12.1 Å². The number of anilines is 1. The molecule has 5 heteroatoms. The van der Waals surface area contributed by atoms with Gasteiger partial charge in [-0.3, -0.25) is 0 Å². The monoisotopic (exact) mass is 245 g/mol. The lowest BCUT2D eigenvalue weighted by atomic mass is 10.2. The fourth-order valence-corrected chi connectivity index (χ4v) is 1.38. The van der Waals surface area contributed by atoms with Crippen LogP contribution in [0.4, 0.5) is 18.9 Å². The van der Waals surface area contributed by atoms with E-state index >= 15 is 0 Å². The predicted octanol–water partition coefficient (Wildman–Crippen LogP) is 3.49. The molecule has 0 saturated carbocycles. The summed E-state index contributed by atoms with van der Waals surface area (Å²) in [6, 6.07) is 5.02. The van der Waals surface area contributed by atoms with Crippen molar-refractivity contribution in [1.82, 2.24) is 0 Å². The van der Waals surface area contributed by atoms with Gasteiger partial charge in [-0.05, 0) is 31.5 Å². The van der Waals surface area contributed by atoms with Gasteiger partial charge in [-0.2, -0.15) is 13.2 Å². The van der Waals surface area contributed by atoms with Crippen LogP contribution < -0.4 is 5.32 Å². The van der Waals surface area contributed by atoms with Gasteiger partial charge in [0, 0.05) is 18.7 Å². The van der Waals surface area contributed by atoms with Gasteiger partial charge in [0.15, 0.2) is 0 Å². The number of halogens is 3. The topological polar surface area (TPSA) is 29.1 Å². The van der Waals surface area contributed by atoms with E-state index in [1.165, 1.54) is 13.0 Å². The molecule has 94 valence electrons. The van der Waals surface area contributed by atoms with Crippen molar-refractivity contribution in [3.63, 3.8) is 0 Å². The molecule has 2 nitrogen and oxygen atoms in total. The van der Waals surface area contributed by atoms with Gasteiger partial charge in [-0.15, -0.1) is 0 Å². The first-order valence-electron chi connectivity index (χ1n) is 5.30. The van der Waals surface area contributed by atoms with Crippen LogP contribution in [0.2, 0.25) is 0 Å². The Kier molecular flexibility index (Phi) is 4.54. The molecule has 0 aromatic heterocycles. The van der Waals surface area contributed by atoms with Crippen LogP contribution in [0.3, 0.4) is 0 Å². The number of carbonyl (C=O) groups excluding carboxylic acids is 1. The van der Waals surface area contributed by atoms with E-state index in [4.69, 9.17) is 0 Å². The molecule has 1 rings (SSSR count). The first-order valence-corrected chi connectivity index (χ1v) is 5.30. The van der Waals surface area contributed by atoms with Gasteiger partial charge in [0.25, 0.3) is 0 Å². The van der Waals surface area contributed by atoms with Crippen LogP contribution in [0.5, 0.6) is 0 Å². The van der Waals surface area contributed by atoms with Crippen LogP contribution in [0.1, 0.15) is 25.3 Å². The summed E-state index contributed by atoms with van der Waals surface area (Å²) in [5, 5.41) is 2.86. The Bertz CT molecular complexity index is 388. The Morgan fingerprint density at radius 3 is 2.65 bits per heavy atom. The maximum atomic E-state index is 12.4. The minimum Gasteiger partial charge on any atom is -0.385 e. The minimum absolute atomic E-state index is 0.0795. The molecule has 0 fully saturated rings. The van der Waals surface area contributed by atoms with Gasteiger partial charge in [-0.25, -0.2) is 0 Å². The van der Waals surface area contributed by atoms with Crippen LogP contribution in [-0.2, 0) is 11.0 Å². The highest BCUT2D eigenvalue weighted by Gasteiger charge is 2.30. The molecule has 0 amide bonds. The number of rotatable bonds is 5. The number of hydrogen-bond acceptors (Lipinski definition) is 2. The lowest BCUT2D eigenvalue weighted by Gasteiger charge is -2.10. The van der Waals surface area contributed by atoms with Crippen molar-refractivity contribution in [2.24, 2.45) is 0 Å². The summed E-state index contributed by atoms with van der Waals surface area (Å²) in [5.74, 6) is 0.0795. The second-order valence-electron chi connectivity index (χ2n) is 3.81. The molecule has 0 saturated heterocycles. The molecule has 0 atom stereocenters.